The molecule has 0 aromatic heterocycles. The molecule has 0 bridgehead atoms. The zero-order valence-electron chi connectivity index (χ0n) is 10.9. The first-order valence-corrected chi connectivity index (χ1v) is 7.05. The normalized spacial score (nSPS) is 12.5. The molecule has 102 valence electrons. The molecule has 2 N–H and O–H groups in total. The van der Waals surface area contributed by atoms with E-state index in [1.807, 2.05) is 6.07 Å². The first-order valence-electron chi connectivity index (χ1n) is 5.56. The van der Waals surface area contributed by atoms with Gasteiger partial charge < -0.3 is 5.32 Å². The molecule has 1 amide bonds. The Morgan fingerprint density at radius 3 is 2.53 bits per heavy atom. The maximum atomic E-state index is 12.0. The van der Waals surface area contributed by atoms with Crippen molar-refractivity contribution in [2.75, 3.05) is 7.05 Å². The van der Waals surface area contributed by atoms with E-state index in [1.165, 1.54) is 32.2 Å². The molecule has 1 rings (SSSR count). The van der Waals surface area contributed by atoms with Crippen LogP contribution in [0.3, 0.4) is 0 Å². The number of rotatable bonds is 4. The zero-order valence-corrected chi connectivity index (χ0v) is 11.7. The Morgan fingerprint density at radius 1 is 1.42 bits per heavy atom. The molecular formula is C12H15N3O3S. The number of aryl methyl sites for hydroxylation is 1. The first-order chi connectivity index (χ1) is 8.81. The summed E-state index contributed by atoms with van der Waals surface area (Å²) in [6, 6.07) is 5.27. The average molecular weight is 281 g/mol. The van der Waals surface area contributed by atoms with Crippen molar-refractivity contribution in [3.8, 4) is 6.07 Å². The molecular weight excluding hydrogens is 266 g/mol. The van der Waals surface area contributed by atoms with Crippen LogP contribution >= 0.6 is 0 Å². The number of hydrogen-bond acceptors (Lipinski definition) is 4. The minimum absolute atomic E-state index is 0.0275. The van der Waals surface area contributed by atoms with Crippen LogP contribution in [0.1, 0.15) is 18.1 Å². The summed E-state index contributed by atoms with van der Waals surface area (Å²) in [6.07, 6.45) is 0. The van der Waals surface area contributed by atoms with Gasteiger partial charge in [-0.15, -0.1) is 0 Å². The maximum absolute atomic E-state index is 12.0. The van der Waals surface area contributed by atoms with Gasteiger partial charge in [-0.1, -0.05) is 0 Å². The number of amides is 1. The van der Waals surface area contributed by atoms with Crippen molar-refractivity contribution in [1.82, 2.24) is 10.0 Å². The van der Waals surface area contributed by atoms with E-state index in [0.29, 0.717) is 11.1 Å². The van der Waals surface area contributed by atoms with E-state index in [9.17, 15) is 13.2 Å². The molecule has 19 heavy (non-hydrogen) atoms. The second-order valence-corrected chi connectivity index (χ2v) is 5.76. The Kier molecular flexibility index (Phi) is 4.64. The molecule has 0 spiro atoms. The van der Waals surface area contributed by atoms with Crippen LogP contribution in [0, 0.1) is 18.3 Å². The molecule has 0 saturated carbocycles. The van der Waals surface area contributed by atoms with Crippen molar-refractivity contribution in [1.29, 1.82) is 5.26 Å². The lowest BCUT2D eigenvalue weighted by Gasteiger charge is -2.13. The van der Waals surface area contributed by atoms with Gasteiger partial charge in [0.1, 0.15) is 0 Å². The lowest BCUT2D eigenvalue weighted by molar-refractivity contribution is -0.121. The largest absolute Gasteiger partial charge is 0.358 e. The van der Waals surface area contributed by atoms with Crippen LogP contribution in [0.2, 0.25) is 0 Å². The summed E-state index contributed by atoms with van der Waals surface area (Å²) in [5.74, 6) is -0.422. The summed E-state index contributed by atoms with van der Waals surface area (Å²) in [7, 11) is -2.35. The van der Waals surface area contributed by atoms with Crippen LogP contribution in [0.5, 0.6) is 0 Å². The van der Waals surface area contributed by atoms with E-state index < -0.39 is 22.0 Å². The van der Waals surface area contributed by atoms with Gasteiger partial charge in [0.15, 0.2) is 0 Å². The van der Waals surface area contributed by atoms with E-state index >= 15 is 0 Å². The fourth-order valence-electron chi connectivity index (χ4n) is 1.50. The lowest BCUT2D eigenvalue weighted by atomic mass is 10.1. The molecule has 0 aliphatic heterocycles. The number of nitrogens with one attached hydrogen (secondary N) is 2. The van der Waals surface area contributed by atoms with E-state index in [0.717, 1.165) is 0 Å². The molecule has 6 nitrogen and oxygen atoms in total. The molecule has 0 aliphatic rings. The quantitative estimate of drug-likeness (QED) is 0.828. The van der Waals surface area contributed by atoms with Gasteiger partial charge in [-0.3, -0.25) is 4.79 Å². The Morgan fingerprint density at radius 2 is 2.05 bits per heavy atom. The van der Waals surface area contributed by atoms with Gasteiger partial charge in [0.2, 0.25) is 15.9 Å². The zero-order chi connectivity index (χ0) is 14.6. The van der Waals surface area contributed by atoms with Crippen LogP contribution in [-0.2, 0) is 14.8 Å². The summed E-state index contributed by atoms with van der Waals surface area (Å²) >= 11 is 0. The highest BCUT2D eigenvalue weighted by Gasteiger charge is 2.21. The summed E-state index contributed by atoms with van der Waals surface area (Å²) in [5, 5.41) is 11.2. The Hall–Kier alpha value is -1.91. The molecule has 1 unspecified atom stereocenters. The smallest absolute Gasteiger partial charge is 0.241 e. The highest BCUT2D eigenvalue weighted by Crippen LogP contribution is 2.15. The highest BCUT2D eigenvalue weighted by molar-refractivity contribution is 7.89. The number of nitriles is 1. The molecule has 0 aliphatic carbocycles. The fraction of sp³-hybridized carbons (Fsp3) is 0.333. The van der Waals surface area contributed by atoms with Gasteiger partial charge in [-0.05, 0) is 37.6 Å². The van der Waals surface area contributed by atoms with Crippen molar-refractivity contribution in [2.45, 2.75) is 24.8 Å². The summed E-state index contributed by atoms with van der Waals surface area (Å²) in [5.41, 5.74) is 0.983. The summed E-state index contributed by atoms with van der Waals surface area (Å²) < 4.78 is 26.3. The van der Waals surface area contributed by atoms with E-state index in [4.69, 9.17) is 5.26 Å². The van der Waals surface area contributed by atoms with Gasteiger partial charge in [-0.25, -0.2) is 8.42 Å². The minimum atomic E-state index is -3.78. The predicted molar refractivity (Wildman–Crippen MR) is 69.7 cm³/mol. The Labute approximate surface area is 112 Å². The van der Waals surface area contributed by atoms with Crippen LogP contribution in [0.4, 0.5) is 0 Å². The van der Waals surface area contributed by atoms with Gasteiger partial charge in [0.25, 0.3) is 0 Å². The van der Waals surface area contributed by atoms with Gasteiger partial charge in [0.05, 0.1) is 22.6 Å². The topological polar surface area (TPSA) is 99.1 Å². The number of hydrogen-bond donors (Lipinski definition) is 2. The Bertz CT molecular complexity index is 632. The average Bonchev–Trinajstić information content (AvgIpc) is 2.37. The number of likely N-dealkylation sites (N-methyl/N-ethyl adjacent to an activating group) is 1. The SMILES string of the molecule is CNC(=O)C(C)NS(=O)(=O)c1ccc(C#N)c(C)c1. The van der Waals surface area contributed by atoms with E-state index in [2.05, 4.69) is 10.0 Å². The fourth-order valence-corrected chi connectivity index (χ4v) is 2.79. The third-order valence-corrected chi connectivity index (χ3v) is 4.14. The van der Waals surface area contributed by atoms with Crippen molar-refractivity contribution in [3.63, 3.8) is 0 Å². The molecule has 0 radical (unpaired) electrons. The molecule has 1 atom stereocenters. The second kappa shape index (κ2) is 5.82. The van der Waals surface area contributed by atoms with E-state index in [-0.39, 0.29) is 4.90 Å². The summed E-state index contributed by atoms with van der Waals surface area (Å²) in [6.45, 7) is 3.10. The Balaban J connectivity index is 3.05. The maximum Gasteiger partial charge on any atom is 0.241 e. The van der Waals surface area contributed by atoms with Crippen LogP contribution in [0.15, 0.2) is 23.1 Å². The van der Waals surface area contributed by atoms with Gasteiger partial charge in [0, 0.05) is 7.05 Å². The van der Waals surface area contributed by atoms with Gasteiger partial charge >= 0.3 is 0 Å². The van der Waals surface area contributed by atoms with Crippen LogP contribution in [0.25, 0.3) is 0 Å². The number of benzene rings is 1. The third-order valence-electron chi connectivity index (χ3n) is 2.60. The number of sulfonamides is 1. The standard InChI is InChI=1S/C12H15N3O3S/c1-8-6-11(5-4-10(8)7-13)19(17,18)15-9(2)12(16)14-3/h4-6,9,15H,1-3H3,(H,14,16). The molecule has 7 heteroatoms. The second-order valence-electron chi connectivity index (χ2n) is 4.05. The number of carbonyl (C=O) groups excluding carboxylic acids is 1. The van der Waals surface area contributed by atoms with E-state index in [1.54, 1.807) is 6.92 Å². The molecule has 0 saturated heterocycles. The van der Waals surface area contributed by atoms with Crippen LogP contribution in [-0.4, -0.2) is 27.4 Å². The van der Waals surface area contributed by atoms with Crippen molar-refractivity contribution < 1.29 is 13.2 Å². The highest BCUT2D eigenvalue weighted by atomic mass is 32.2. The van der Waals surface area contributed by atoms with Crippen molar-refractivity contribution in [2.24, 2.45) is 0 Å². The molecule has 1 aromatic carbocycles. The lowest BCUT2D eigenvalue weighted by Crippen LogP contribution is -2.43. The minimum Gasteiger partial charge on any atom is -0.358 e. The van der Waals surface area contributed by atoms with Crippen LogP contribution < -0.4 is 10.0 Å². The van der Waals surface area contributed by atoms with Crippen molar-refractivity contribution >= 4 is 15.9 Å². The third kappa shape index (κ3) is 3.53. The molecule has 1 aromatic rings. The number of carbonyl (C=O) groups is 1. The van der Waals surface area contributed by atoms with Crippen molar-refractivity contribution in [3.05, 3.63) is 29.3 Å². The monoisotopic (exact) mass is 281 g/mol. The first kappa shape index (κ1) is 15.1. The van der Waals surface area contributed by atoms with Gasteiger partial charge in [-0.2, -0.15) is 9.98 Å². The summed E-state index contributed by atoms with van der Waals surface area (Å²) in [4.78, 5) is 11.3. The predicted octanol–water partition coefficient (Wildman–Crippen LogP) is 0.280. The molecule has 0 heterocycles. The number of nitrogens with zero attached hydrogens (tertiary/aromatic N) is 1. The molecule has 0 fully saturated rings.